The number of esters is 1. The summed E-state index contributed by atoms with van der Waals surface area (Å²) in [4.78, 5) is 29.1. The summed E-state index contributed by atoms with van der Waals surface area (Å²) in [6, 6.07) is 8.58. The van der Waals surface area contributed by atoms with E-state index in [1.165, 1.54) is 0 Å². The lowest BCUT2D eigenvalue weighted by atomic mass is 10.1. The molecule has 2 rings (SSSR count). The van der Waals surface area contributed by atoms with Gasteiger partial charge in [0.05, 0.1) is 17.9 Å². The molecule has 0 saturated carbocycles. The maximum atomic E-state index is 12.6. The zero-order chi connectivity index (χ0) is 21.1. The number of nitriles is 1. The lowest BCUT2D eigenvalue weighted by Crippen LogP contribution is -2.45. The number of amides is 1. The Hall–Kier alpha value is -2.89. The molecule has 156 valence electrons. The van der Waals surface area contributed by atoms with Crippen LogP contribution in [0, 0.1) is 11.3 Å². The van der Waals surface area contributed by atoms with Gasteiger partial charge < -0.3 is 20.7 Å². The first-order valence-corrected chi connectivity index (χ1v) is 9.95. The van der Waals surface area contributed by atoms with Crippen LogP contribution < -0.4 is 11.1 Å². The van der Waals surface area contributed by atoms with Crippen LogP contribution in [0.5, 0.6) is 0 Å². The van der Waals surface area contributed by atoms with E-state index >= 15 is 0 Å². The predicted molar refractivity (Wildman–Crippen MR) is 111 cm³/mol. The Bertz CT molecular complexity index is 764. The van der Waals surface area contributed by atoms with Gasteiger partial charge in [-0.25, -0.2) is 4.79 Å². The monoisotopic (exact) mass is 399 g/mol. The average molecular weight is 399 g/mol. The van der Waals surface area contributed by atoms with Crippen LogP contribution in [0.4, 0.5) is 5.69 Å². The number of anilines is 1. The second-order valence-electron chi connectivity index (χ2n) is 6.81. The van der Waals surface area contributed by atoms with Crippen molar-refractivity contribution in [3.05, 3.63) is 41.6 Å². The first-order chi connectivity index (χ1) is 14.1. The van der Waals surface area contributed by atoms with Crippen molar-refractivity contribution in [2.45, 2.75) is 19.8 Å². The molecule has 0 aliphatic carbocycles. The van der Waals surface area contributed by atoms with Crippen molar-refractivity contribution in [3.8, 4) is 6.07 Å². The number of unbranched alkanes of at least 4 members (excludes halogenated alkanes) is 1. The van der Waals surface area contributed by atoms with Crippen molar-refractivity contribution in [1.29, 1.82) is 5.26 Å². The lowest BCUT2D eigenvalue weighted by molar-refractivity contribution is -0.112. The number of hydrogen-bond donors (Lipinski definition) is 2. The fraction of sp³-hybridized carbons (Fsp3) is 0.476. The Balaban J connectivity index is 2.03. The number of nitrogens with two attached hydrogens (primary N) is 1. The molecule has 1 saturated heterocycles. The minimum Gasteiger partial charge on any atom is -0.462 e. The molecular weight excluding hydrogens is 370 g/mol. The number of piperazine rings is 1. The molecule has 1 fully saturated rings. The fourth-order valence-electron chi connectivity index (χ4n) is 2.97. The Kier molecular flexibility index (Phi) is 9.15. The van der Waals surface area contributed by atoms with E-state index < -0.39 is 11.9 Å². The van der Waals surface area contributed by atoms with Gasteiger partial charge in [0.15, 0.2) is 0 Å². The first kappa shape index (κ1) is 22.4. The van der Waals surface area contributed by atoms with E-state index in [1.807, 2.05) is 17.9 Å². The first-order valence-electron chi connectivity index (χ1n) is 9.95. The number of hydrogen-bond acceptors (Lipinski definition) is 7. The summed E-state index contributed by atoms with van der Waals surface area (Å²) < 4.78 is 5.24. The van der Waals surface area contributed by atoms with Gasteiger partial charge in [0.1, 0.15) is 11.6 Å². The van der Waals surface area contributed by atoms with Crippen LogP contribution in [0.25, 0.3) is 0 Å². The van der Waals surface area contributed by atoms with Crippen LogP contribution in [-0.2, 0) is 9.53 Å². The van der Waals surface area contributed by atoms with Crippen molar-refractivity contribution in [2.24, 2.45) is 5.73 Å². The molecule has 1 amide bonds. The van der Waals surface area contributed by atoms with Gasteiger partial charge in [0, 0.05) is 45.5 Å². The van der Waals surface area contributed by atoms with E-state index in [9.17, 15) is 14.9 Å². The summed E-state index contributed by atoms with van der Waals surface area (Å²) in [5.74, 6) is -1.04. The molecule has 29 heavy (non-hydrogen) atoms. The van der Waals surface area contributed by atoms with Crippen LogP contribution in [0.2, 0.25) is 0 Å². The minimum absolute atomic E-state index is 0.00794. The quantitative estimate of drug-likeness (QED) is 0.280. The van der Waals surface area contributed by atoms with Crippen molar-refractivity contribution >= 4 is 17.6 Å². The van der Waals surface area contributed by atoms with Crippen LogP contribution in [0.3, 0.4) is 0 Å². The third-order valence-corrected chi connectivity index (χ3v) is 4.66. The lowest BCUT2D eigenvalue weighted by Gasteiger charge is -2.33. The number of carbonyl (C=O) groups excluding carboxylic acids is 2. The number of para-hydroxylation sites is 1. The molecule has 0 radical (unpaired) electrons. The average Bonchev–Trinajstić information content (AvgIpc) is 2.73. The predicted octanol–water partition coefficient (Wildman–Crippen LogP) is 1.57. The summed E-state index contributed by atoms with van der Waals surface area (Å²) in [6.45, 7) is 6.90. The molecule has 3 N–H and O–H groups in total. The SMILES string of the molecule is CCCCOC(=O)c1ccccc1NC(=O)/C(C#N)=C\N1CCN(CCN)CC1. The molecule has 0 aromatic heterocycles. The summed E-state index contributed by atoms with van der Waals surface area (Å²) >= 11 is 0. The van der Waals surface area contributed by atoms with E-state index in [0.29, 0.717) is 18.8 Å². The van der Waals surface area contributed by atoms with Crippen LogP contribution in [0.1, 0.15) is 30.1 Å². The van der Waals surface area contributed by atoms with Gasteiger partial charge in [0.25, 0.3) is 5.91 Å². The Labute approximate surface area is 171 Å². The highest BCUT2D eigenvalue weighted by Gasteiger charge is 2.19. The largest absolute Gasteiger partial charge is 0.462 e. The molecular formula is C21H29N5O3. The number of nitrogens with zero attached hydrogens (tertiary/aromatic N) is 3. The summed E-state index contributed by atoms with van der Waals surface area (Å²) in [7, 11) is 0. The second kappa shape index (κ2) is 11.8. The van der Waals surface area contributed by atoms with Crippen molar-refractivity contribution in [1.82, 2.24) is 9.80 Å². The summed E-state index contributed by atoms with van der Waals surface area (Å²) in [5.41, 5.74) is 6.17. The third-order valence-electron chi connectivity index (χ3n) is 4.66. The van der Waals surface area contributed by atoms with Gasteiger partial charge in [0.2, 0.25) is 0 Å². The van der Waals surface area contributed by atoms with E-state index in [1.54, 1.807) is 30.5 Å². The third kappa shape index (κ3) is 6.89. The fourth-order valence-corrected chi connectivity index (χ4v) is 2.97. The maximum absolute atomic E-state index is 12.6. The molecule has 8 heteroatoms. The van der Waals surface area contributed by atoms with E-state index in [0.717, 1.165) is 45.6 Å². The molecule has 1 aliphatic heterocycles. The zero-order valence-corrected chi connectivity index (χ0v) is 16.9. The molecule has 1 aromatic rings. The standard InChI is InChI=1S/C21H29N5O3/c1-2-3-14-29-21(28)18-6-4-5-7-19(18)24-20(27)17(15-23)16-26-12-10-25(9-8-22)11-13-26/h4-7,16H,2-3,8-14,22H2,1H3,(H,24,27)/b17-16-. The maximum Gasteiger partial charge on any atom is 0.340 e. The van der Waals surface area contributed by atoms with Gasteiger partial charge in [-0.15, -0.1) is 0 Å². The molecule has 1 aromatic carbocycles. The number of benzene rings is 1. The van der Waals surface area contributed by atoms with Crippen molar-refractivity contribution < 1.29 is 14.3 Å². The number of carbonyl (C=O) groups is 2. The molecule has 0 spiro atoms. The summed E-state index contributed by atoms with van der Waals surface area (Å²) in [6.07, 6.45) is 3.28. The van der Waals surface area contributed by atoms with Gasteiger partial charge in [-0.1, -0.05) is 25.5 Å². The van der Waals surface area contributed by atoms with Gasteiger partial charge in [-0.2, -0.15) is 5.26 Å². The Morgan fingerprint density at radius 2 is 2.00 bits per heavy atom. The highest BCUT2D eigenvalue weighted by Crippen LogP contribution is 2.18. The molecule has 0 bridgehead atoms. The van der Waals surface area contributed by atoms with Crippen LogP contribution >= 0.6 is 0 Å². The summed E-state index contributed by atoms with van der Waals surface area (Å²) in [5, 5.41) is 12.1. The number of rotatable bonds is 9. The van der Waals surface area contributed by atoms with E-state index in [2.05, 4.69) is 10.2 Å². The topological polar surface area (TPSA) is 112 Å². The smallest absolute Gasteiger partial charge is 0.340 e. The van der Waals surface area contributed by atoms with E-state index in [-0.39, 0.29) is 11.1 Å². The Morgan fingerprint density at radius 1 is 1.28 bits per heavy atom. The molecule has 0 unspecified atom stereocenters. The highest BCUT2D eigenvalue weighted by molar-refractivity contribution is 6.09. The molecule has 0 atom stereocenters. The van der Waals surface area contributed by atoms with Gasteiger partial charge in [-0.05, 0) is 18.6 Å². The van der Waals surface area contributed by atoms with Crippen molar-refractivity contribution in [2.75, 3.05) is 51.2 Å². The highest BCUT2D eigenvalue weighted by atomic mass is 16.5. The molecule has 1 aliphatic rings. The van der Waals surface area contributed by atoms with E-state index in [4.69, 9.17) is 10.5 Å². The van der Waals surface area contributed by atoms with Gasteiger partial charge in [-0.3, -0.25) is 9.69 Å². The van der Waals surface area contributed by atoms with Crippen LogP contribution in [-0.4, -0.2) is 67.6 Å². The van der Waals surface area contributed by atoms with Crippen molar-refractivity contribution in [3.63, 3.8) is 0 Å². The minimum atomic E-state index is -0.550. The van der Waals surface area contributed by atoms with Crippen LogP contribution in [0.15, 0.2) is 36.0 Å². The van der Waals surface area contributed by atoms with Gasteiger partial charge >= 0.3 is 5.97 Å². The zero-order valence-electron chi connectivity index (χ0n) is 16.9. The normalized spacial score (nSPS) is 14.9. The molecule has 8 nitrogen and oxygen atoms in total. The Morgan fingerprint density at radius 3 is 2.66 bits per heavy atom. The second-order valence-corrected chi connectivity index (χ2v) is 6.81. The number of ether oxygens (including phenoxy) is 1. The number of nitrogens with one attached hydrogen (secondary N) is 1. The molecule has 1 heterocycles.